The Hall–Kier alpha value is -3.39. The zero-order chi connectivity index (χ0) is 20.9. The molecule has 3 aromatic rings. The number of nitrogens with one attached hydrogen (secondary N) is 2. The van der Waals surface area contributed by atoms with Crippen LogP contribution in [0, 0.1) is 6.92 Å². The largest absolute Gasteiger partial charge is 0.494 e. The molecule has 7 nitrogen and oxygen atoms in total. The number of rotatable bonds is 7. The second-order valence-electron chi connectivity index (χ2n) is 6.26. The highest BCUT2D eigenvalue weighted by molar-refractivity contribution is 7.92. The summed E-state index contributed by atoms with van der Waals surface area (Å²) in [4.78, 5) is 16.7. The summed E-state index contributed by atoms with van der Waals surface area (Å²) in [6.07, 6.45) is 1.60. The van der Waals surface area contributed by atoms with Gasteiger partial charge in [-0.15, -0.1) is 0 Å². The van der Waals surface area contributed by atoms with Crippen molar-refractivity contribution in [3.05, 3.63) is 78.0 Å². The van der Waals surface area contributed by atoms with E-state index in [2.05, 4.69) is 15.0 Å². The summed E-state index contributed by atoms with van der Waals surface area (Å²) in [5, 5.41) is 2.70. The number of sulfonamides is 1. The number of hydrogen-bond donors (Lipinski definition) is 2. The van der Waals surface area contributed by atoms with Crippen LogP contribution in [0.4, 0.5) is 11.5 Å². The van der Waals surface area contributed by atoms with E-state index in [0.29, 0.717) is 23.7 Å². The van der Waals surface area contributed by atoms with Crippen LogP contribution >= 0.6 is 0 Å². The van der Waals surface area contributed by atoms with Gasteiger partial charge in [0.15, 0.2) is 0 Å². The maximum absolute atomic E-state index is 12.6. The molecule has 0 atom stereocenters. The predicted molar refractivity (Wildman–Crippen MR) is 112 cm³/mol. The summed E-state index contributed by atoms with van der Waals surface area (Å²) >= 11 is 0. The second kappa shape index (κ2) is 8.74. The second-order valence-corrected chi connectivity index (χ2v) is 7.95. The van der Waals surface area contributed by atoms with Crippen LogP contribution in [-0.4, -0.2) is 25.9 Å². The summed E-state index contributed by atoms with van der Waals surface area (Å²) in [6, 6.07) is 15.9. The van der Waals surface area contributed by atoms with Gasteiger partial charge in [0.05, 0.1) is 11.5 Å². The third kappa shape index (κ3) is 5.32. The number of aromatic nitrogens is 1. The Balaban J connectivity index is 1.75. The zero-order valence-corrected chi connectivity index (χ0v) is 16.9. The Morgan fingerprint density at radius 2 is 1.83 bits per heavy atom. The predicted octanol–water partition coefficient (Wildman–Crippen LogP) is 3.84. The number of pyridine rings is 1. The van der Waals surface area contributed by atoms with Gasteiger partial charge in [-0.2, -0.15) is 0 Å². The van der Waals surface area contributed by atoms with Crippen molar-refractivity contribution in [1.29, 1.82) is 0 Å². The Morgan fingerprint density at radius 3 is 2.52 bits per heavy atom. The molecule has 8 heteroatoms. The number of carbonyl (C=O) groups is 1. The van der Waals surface area contributed by atoms with E-state index in [1.807, 2.05) is 19.9 Å². The van der Waals surface area contributed by atoms with Gasteiger partial charge < -0.3 is 10.1 Å². The lowest BCUT2D eigenvalue weighted by molar-refractivity contribution is 0.102. The number of carbonyl (C=O) groups excluding carboxylic acids is 1. The van der Waals surface area contributed by atoms with E-state index in [0.717, 1.165) is 5.56 Å². The molecule has 0 spiro atoms. The molecule has 2 aromatic carbocycles. The SMILES string of the molecule is CCOc1ccc(S(=O)(=O)Nc2cccc(C(=O)Nc3cc(C)ccn3)c2)cc1. The molecule has 0 unspecified atom stereocenters. The van der Waals surface area contributed by atoms with E-state index in [9.17, 15) is 13.2 Å². The normalized spacial score (nSPS) is 11.0. The molecule has 0 fully saturated rings. The van der Waals surface area contributed by atoms with Crippen molar-refractivity contribution in [3.8, 4) is 5.75 Å². The summed E-state index contributed by atoms with van der Waals surface area (Å²) in [7, 11) is -3.80. The number of aryl methyl sites for hydroxylation is 1. The van der Waals surface area contributed by atoms with Crippen molar-refractivity contribution >= 4 is 27.4 Å². The van der Waals surface area contributed by atoms with Gasteiger partial charge in [0, 0.05) is 17.4 Å². The van der Waals surface area contributed by atoms with Crippen LogP contribution in [0.2, 0.25) is 0 Å². The van der Waals surface area contributed by atoms with Crippen LogP contribution in [0.3, 0.4) is 0 Å². The number of benzene rings is 2. The van der Waals surface area contributed by atoms with E-state index in [4.69, 9.17) is 4.74 Å². The highest BCUT2D eigenvalue weighted by Crippen LogP contribution is 2.20. The molecule has 1 heterocycles. The topological polar surface area (TPSA) is 97.4 Å². The van der Waals surface area contributed by atoms with E-state index >= 15 is 0 Å². The smallest absolute Gasteiger partial charge is 0.261 e. The molecule has 1 amide bonds. The molecule has 3 rings (SSSR count). The monoisotopic (exact) mass is 411 g/mol. The first kappa shape index (κ1) is 20.3. The van der Waals surface area contributed by atoms with Crippen LogP contribution < -0.4 is 14.8 Å². The number of hydrogen-bond acceptors (Lipinski definition) is 5. The Kier molecular flexibility index (Phi) is 6.13. The molecular weight excluding hydrogens is 390 g/mol. The highest BCUT2D eigenvalue weighted by atomic mass is 32.2. The lowest BCUT2D eigenvalue weighted by Crippen LogP contribution is -2.15. The number of amides is 1. The first-order valence-electron chi connectivity index (χ1n) is 8.97. The third-order valence-electron chi connectivity index (χ3n) is 3.98. The summed E-state index contributed by atoms with van der Waals surface area (Å²) in [5.74, 6) is 0.635. The minimum atomic E-state index is -3.80. The minimum Gasteiger partial charge on any atom is -0.494 e. The Labute approximate surface area is 169 Å². The lowest BCUT2D eigenvalue weighted by atomic mass is 10.2. The molecule has 0 saturated heterocycles. The van der Waals surface area contributed by atoms with Crippen molar-refractivity contribution in [3.63, 3.8) is 0 Å². The van der Waals surface area contributed by atoms with Crippen molar-refractivity contribution in [2.75, 3.05) is 16.6 Å². The van der Waals surface area contributed by atoms with Crippen LogP contribution in [0.25, 0.3) is 0 Å². The molecule has 150 valence electrons. The lowest BCUT2D eigenvalue weighted by Gasteiger charge is -2.11. The van der Waals surface area contributed by atoms with Crippen molar-refractivity contribution < 1.29 is 17.9 Å². The Morgan fingerprint density at radius 1 is 1.07 bits per heavy atom. The average Bonchev–Trinajstić information content (AvgIpc) is 2.68. The maximum atomic E-state index is 12.6. The summed E-state index contributed by atoms with van der Waals surface area (Å²) < 4.78 is 33.1. The number of nitrogens with zero attached hydrogens (tertiary/aromatic N) is 1. The molecule has 0 aliphatic heterocycles. The fourth-order valence-electron chi connectivity index (χ4n) is 2.61. The molecule has 29 heavy (non-hydrogen) atoms. The zero-order valence-electron chi connectivity index (χ0n) is 16.0. The molecule has 1 aromatic heterocycles. The summed E-state index contributed by atoms with van der Waals surface area (Å²) in [5.41, 5.74) is 1.55. The van der Waals surface area contributed by atoms with Gasteiger partial charge in [-0.25, -0.2) is 13.4 Å². The molecule has 0 saturated carbocycles. The standard InChI is InChI=1S/C21H21N3O4S/c1-3-28-18-7-9-19(10-8-18)29(26,27)24-17-6-4-5-16(14-17)21(25)23-20-13-15(2)11-12-22-20/h4-14,24H,3H2,1-2H3,(H,22,23,25). The van der Waals surface area contributed by atoms with Crippen molar-refractivity contribution in [2.45, 2.75) is 18.7 Å². The molecule has 2 N–H and O–H groups in total. The third-order valence-corrected chi connectivity index (χ3v) is 5.38. The summed E-state index contributed by atoms with van der Waals surface area (Å²) in [6.45, 7) is 4.25. The Bertz CT molecular complexity index is 1110. The van der Waals surface area contributed by atoms with Gasteiger partial charge in [-0.05, 0) is 74.0 Å². The highest BCUT2D eigenvalue weighted by Gasteiger charge is 2.15. The molecule has 0 aliphatic rings. The molecular formula is C21H21N3O4S. The average molecular weight is 411 g/mol. The van der Waals surface area contributed by atoms with Gasteiger partial charge in [0.25, 0.3) is 15.9 Å². The van der Waals surface area contributed by atoms with Gasteiger partial charge in [0.1, 0.15) is 11.6 Å². The van der Waals surface area contributed by atoms with E-state index in [-0.39, 0.29) is 16.5 Å². The minimum absolute atomic E-state index is 0.0970. The van der Waals surface area contributed by atoms with Crippen LogP contribution in [-0.2, 0) is 10.0 Å². The van der Waals surface area contributed by atoms with E-state index in [1.165, 1.54) is 18.2 Å². The maximum Gasteiger partial charge on any atom is 0.261 e. The van der Waals surface area contributed by atoms with Crippen molar-refractivity contribution in [2.24, 2.45) is 0 Å². The number of anilines is 2. The fraction of sp³-hybridized carbons (Fsp3) is 0.143. The van der Waals surface area contributed by atoms with Gasteiger partial charge in [0.2, 0.25) is 0 Å². The number of ether oxygens (including phenoxy) is 1. The van der Waals surface area contributed by atoms with Gasteiger partial charge in [-0.3, -0.25) is 9.52 Å². The first-order valence-corrected chi connectivity index (χ1v) is 10.5. The first-order chi connectivity index (χ1) is 13.9. The van der Waals surface area contributed by atoms with E-state index in [1.54, 1.807) is 42.6 Å². The van der Waals surface area contributed by atoms with Gasteiger partial charge >= 0.3 is 0 Å². The fourth-order valence-corrected chi connectivity index (χ4v) is 3.66. The van der Waals surface area contributed by atoms with Crippen molar-refractivity contribution in [1.82, 2.24) is 4.98 Å². The molecule has 0 aliphatic carbocycles. The molecule has 0 bridgehead atoms. The van der Waals surface area contributed by atoms with Gasteiger partial charge in [-0.1, -0.05) is 6.07 Å². The van der Waals surface area contributed by atoms with Crippen LogP contribution in [0.5, 0.6) is 5.75 Å². The quantitative estimate of drug-likeness (QED) is 0.616. The van der Waals surface area contributed by atoms with Crippen LogP contribution in [0.15, 0.2) is 71.8 Å². The van der Waals surface area contributed by atoms with Crippen LogP contribution in [0.1, 0.15) is 22.8 Å². The van der Waals surface area contributed by atoms with E-state index < -0.39 is 10.0 Å². The molecule has 0 radical (unpaired) electrons.